The van der Waals surface area contributed by atoms with Crippen LogP contribution in [0.25, 0.3) is 0 Å². The van der Waals surface area contributed by atoms with Crippen LogP contribution in [0.5, 0.6) is 0 Å². The Morgan fingerprint density at radius 2 is 1.94 bits per heavy atom. The molecular formula is C12H22N2O2. The van der Waals surface area contributed by atoms with Crippen molar-refractivity contribution in [3.63, 3.8) is 0 Å². The van der Waals surface area contributed by atoms with Crippen molar-refractivity contribution < 1.29 is 9.53 Å². The van der Waals surface area contributed by atoms with E-state index in [1.807, 2.05) is 20.8 Å². The number of carbonyl (C=O) groups excluding carboxylic acids is 1. The summed E-state index contributed by atoms with van der Waals surface area (Å²) in [5, 5.41) is 2.97. The van der Waals surface area contributed by atoms with Crippen LogP contribution in [-0.4, -0.2) is 42.3 Å². The molecule has 3 atom stereocenters. The molecule has 0 aromatic carbocycles. The molecule has 0 spiro atoms. The van der Waals surface area contributed by atoms with Crippen LogP contribution in [0, 0.1) is 11.8 Å². The van der Waals surface area contributed by atoms with Gasteiger partial charge in [-0.3, -0.25) is 0 Å². The Balaban J connectivity index is 1.73. The summed E-state index contributed by atoms with van der Waals surface area (Å²) in [5.74, 6) is 1.32. The number of rotatable bonds is 2. The lowest BCUT2D eigenvalue weighted by Gasteiger charge is -2.21. The molecule has 1 saturated carbocycles. The molecule has 92 valence electrons. The molecule has 0 radical (unpaired) electrons. The minimum atomic E-state index is -0.399. The molecule has 0 bridgehead atoms. The van der Waals surface area contributed by atoms with Gasteiger partial charge in [-0.1, -0.05) is 6.92 Å². The molecule has 2 rings (SSSR count). The summed E-state index contributed by atoms with van der Waals surface area (Å²) >= 11 is 0. The Morgan fingerprint density at radius 1 is 1.38 bits per heavy atom. The molecule has 4 heteroatoms. The highest BCUT2D eigenvalue weighted by Crippen LogP contribution is 2.45. The van der Waals surface area contributed by atoms with E-state index in [2.05, 4.69) is 17.1 Å². The van der Waals surface area contributed by atoms with Crippen LogP contribution in [0.2, 0.25) is 0 Å². The molecule has 1 N–H and O–H groups in total. The van der Waals surface area contributed by atoms with Gasteiger partial charge in [0.05, 0.1) is 0 Å². The van der Waals surface area contributed by atoms with Gasteiger partial charge in [0.2, 0.25) is 0 Å². The van der Waals surface area contributed by atoms with Crippen molar-refractivity contribution in [1.29, 1.82) is 0 Å². The van der Waals surface area contributed by atoms with Crippen LogP contribution in [0.15, 0.2) is 0 Å². The van der Waals surface area contributed by atoms with Gasteiger partial charge < -0.3 is 15.0 Å². The van der Waals surface area contributed by atoms with E-state index >= 15 is 0 Å². The Kier molecular flexibility index (Phi) is 2.86. The number of hydrogen-bond acceptors (Lipinski definition) is 3. The number of amides is 1. The minimum absolute atomic E-state index is 0.269. The Hall–Kier alpha value is -0.770. The van der Waals surface area contributed by atoms with Crippen molar-refractivity contribution in [2.45, 2.75) is 39.3 Å². The van der Waals surface area contributed by atoms with Crippen molar-refractivity contribution in [2.75, 3.05) is 19.6 Å². The first-order chi connectivity index (χ1) is 7.40. The molecule has 0 aromatic rings. The molecule has 1 aliphatic heterocycles. The second-order valence-corrected chi connectivity index (χ2v) is 5.85. The lowest BCUT2D eigenvalue weighted by molar-refractivity contribution is 0.0514. The number of nitrogens with one attached hydrogen (secondary N) is 1. The van der Waals surface area contributed by atoms with E-state index in [0.717, 1.165) is 19.6 Å². The largest absolute Gasteiger partial charge is 0.444 e. The van der Waals surface area contributed by atoms with E-state index in [-0.39, 0.29) is 6.09 Å². The molecule has 0 unspecified atom stereocenters. The fourth-order valence-electron chi connectivity index (χ4n) is 2.53. The summed E-state index contributed by atoms with van der Waals surface area (Å²) in [4.78, 5) is 14.0. The fourth-order valence-corrected chi connectivity index (χ4v) is 2.53. The third kappa shape index (κ3) is 2.48. The lowest BCUT2D eigenvalue weighted by atomic mass is 10.2. The standard InChI is InChI=1S/C12H22N2O2/c1-5-14-6-8-9(7-14)10(8)13-11(15)16-12(2,3)4/h8-10H,5-7H2,1-4H3,(H,13,15)/t8-,9+,10+. The van der Waals surface area contributed by atoms with Gasteiger partial charge in [-0.15, -0.1) is 0 Å². The summed E-state index contributed by atoms with van der Waals surface area (Å²) in [6.07, 6.45) is -0.269. The third-order valence-electron chi connectivity index (χ3n) is 3.40. The molecule has 1 amide bonds. The molecule has 0 aromatic heterocycles. The van der Waals surface area contributed by atoms with Crippen LogP contribution >= 0.6 is 0 Å². The van der Waals surface area contributed by atoms with Crippen LogP contribution < -0.4 is 5.32 Å². The fraction of sp³-hybridized carbons (Fsp3) is 0.917. The Morgan fingerprint density at radius 3 is 2.38 bits per heavy atom. The van der Waals surface area contributed by atoms with Crippen LogP contribution in [0.3, 0.4) is 0 Å². The zero-order chi connectivity index (χ0) is 11.9. The van der Waals surface area contributed by atoms with Gasteiger partial charge in [-0.25, -0.2) is 4.79 Å². The van der Waals surface area contributed by atoms with Gasteiger partial charge in [0.1, 0.15) is 5.60 Å². The van der Waals surface area contributed by atoms with Crippen molar-refractivity contribution in [3.05, 3.63) is 0 Å². The first-order valence-corrected chi connectivity index (χ1v) is 6.12. The molecule has 2 fully saturated rings. The lowest BCUT2D eigenvalue weighted by Crippen LogP contribution is -2.38. The number of ether oxygens (including phenoxy) is 1. The van der Waals surface area contributed by atoms with Gasteiger partial charge in [0, 0.05) is 19.1 Å². The quantitative estimate of drug-likeness (QED) is 0.775. The van der Waals surface area contributed by atoms with E-state index in [4.69, 9.17) is 4.74 Å². The Labute approximate surface area is 97.3 Å². The molecule has 1 saturated heterocycles. The molecule has 1 aliphatic carbocycles. The highest BCUT2D eigenvalue weighted by atomic mass is 16.6. The summed E-state index contributed by atoms with van der Waals surface area (Å²) in [6, 6.07) is 0.359. The van der Waals surface area contributed by atoms with Crippen molar-refractivity contribution in [2.24, 2.45) is 11.8 Å². The van der Waals surface area contributed by atoms with Crippen LogP contribution in [0.1, 0.15) is 27.7 Å². The van der Waals surface area contributed by atoms with Crippen molar-refractivity contribution in [1.82, 2.24) is 10.2 Å². The first-order valence-electron chi connectivity index (χ1n) is 6.12. The number of fused-ring (bicyclic) bond motifs is 1. The zero-order valence-electron chi connectivity index (χ0n) is 10.6. The molecular weight excluding hydrogens is 204 g/mol. The maximum atomic E-state index is 11.5. The monoisotopic (exact) mass is 226 g/mol. The molecule has 4 nitrogen and oxygen atoms in total. The number of alkyl carbamates (subject to hydrolysis) is 1. The van der Waals surface area contributed by atoms with Gasteiger partial charge in [0.15, 0.2) is 0 Å². The number of nitrogens with zero attached hydrogens (tertiary/aromatic N) is 1. The topological polar surface area (TPSA) is 41.6 Å². The van der Waals surface area contributed by atoms with Crippen molar-refractivity contribution >= 4 is 6.09 Å². The highest BCUT2D eigenvalue weighted by molar-refractivity contribution is 5.68. The van der Waals surface area contributed by atoms with Crippen molar-refractivity contribution in [3.8, 4) is 0 Å². The second-order valence-electron chi connectivity index (χ2n) is 5.85. The van der Waals surface area contributed by atoms with Gasteiger partial charge in [0.25, 0.3) is 0 Å². The van der Waals surface area contributed by atoms with Gasteiger partial charge >= 0.3 is 6.09 Å². The molecule has 2 aliphatic rings. The minimum Gasteiger partial charge on any atom is -0.444 e. The van der Waals surface area contributed by atoms with Crippen LogP contribution in [-0.2, 0) is 4.74 Å². The zero-order valence-corrected chi connectivity index (χ0v) is 10.6. The summed E-state index contributed by atoms with van der Waals surface area (Å²) < 4.78 is 5.24. The smallest absolute Gasteiger partial charge is 0.407 e. The third-order valence-corrected chi connectivity index (χ3v) is 3.40. The summed E-state index contributed by atoms with van der Waals surface area (Å²) in [6.45, 7) is 11.2. The first kappa shape index (κ1) is 11.7. The van der Waals surface area contributed by atoms with Gasteiger partial charge in [-0.05, 0) is 39.2 Å². The van der Waals surface area contributed by atoms with Gasteiger partial charge in [-0.2, -0.15) is 0 Å². The maximum Gasteiger partial charge on any atom is 0.407 e. The SMILES string of the molecule is CCN1C[C@@H]2[C@H](C1)[C@H]2NC(=O)OC(C)(C)C. The highest BCUT2D eigenvalue weighted by Gasteiger charge is 2.56. The maximum absolute atomic E-state index is 11.5. The van der Waals surface area contributed by atoms with E-state index < -0.39 is 5.60 Å². The van der Waals surface area contributed by atoms with E-state index in [1.165, 1.54) is 0 Å². The number of likely N-dealkylation sites (tertiary alicyclic amines) is 1. The van der Waals surface area contributed by atoms with E-state index in [0.29, 0.717) is 17.9 Å². The van der Waals surface area contributed by atoms with Crippen LogP contribution in [0.4, 0.5) is 4.79 Å². The summed E-state index contributed by atoms with van der Waals surface area (Å²) in [5.41, 5.74) is -0.399. The molecule has 16 heavy (non-hydrogen) atoms. The predicted molar refractivity (Wildman–Crippen MR) is 62.3 cm³/mol. The summed E-state index contributed by atoms with van der Waals surface area (Å²) in [7, 11) is 0. The van der Waals surface area contributed by atoms with E-state index in [9.17, 15) is 4.79 Å². The predicted octanol–water partition coefficient (Wildman–Crippen LogP) is 1.46. The average molecular weight is 226 g/mol. The molecule has 1 heterocycles. The normalized spacial score (nSPS) is 33.4. The Bertz CT molecular complexity index is 273. The van der Waals surface area contributed by atoms with E-state index in [1.54, 1.807) is 0 Å². The number of hydrogen-bond donors (Lipinski definition) is 1. The second kappa shape index (κ2) is 3.91. The number of piperidine rings is 1. The average Bonchev–Trinajstić information content (AvgIpc) is 2.60. The number of carbonyl (C=O) groups is 1.